The van der Waals surface area contributed by atoms with Crippen LogP contribution in [-0.2, 0) is 19.2 Å². The lowest BCUT2D eigenvalue weighted by atomic mass is 10.2. The van der Waals surface area contributed by atoms with E-state index < -0.39 is 12.2 Å². The molecule has 1 aromatic heterocycles. The van der Waals surface area contributed by atoms with Crippen molar-refractivity contribution < 1.29 is 24.3 Å². The number of aromatic nitrogens is 1. The fraction of sp³-hybridized carbons (Fsp3) is 0.632. The highest BCUT2D eigenvalue weighted by Crippen LogP contribution is 2.29. The maximum atomic E-state index is 11.8. The second kappa shape index (κ2) is 13.8. The molecule has 1 aliphatic rings. The van der Waals surface area contributed by atoms with Gasteiger partial charge < -0.3 is 14.7 Å². The monoisotopic (exact) mass is 443 g/mol. The van der Waals surface area contributed by atoms with Crippen LogP contribution >= 0.6 is 21.6 Å². The molecule has 1 saturated heterocycles. The predicted molar refractivity (Wildman–Crippen MR) is 113 cm³/mol. The van der Waals surface area contributed by atoms with Crippen LogP contribution in [0.1, 0.15) is 44.9 Å². The zero-order valence-corrected chi connectivity index (χ0v) is 18.3. The standard InChI is InChI=1S/C19H29N3O5S2/c1-26-15(11-14-28-29-16-7-4-6-13-21-16)20-12-5-2-3-8-19(25)27-22-17(23)9-10-18(22)24/h4,6-7,13,15,17,20,23H,2-3,5,8-12,14H2,1H3. The molecule has 2 rings (SSSR count). The Morgan fingerprint density at radius 2 is 2.28 bits per heavy atom. The van der Waals surface area contributed by atoms with Crippen LogP contribution in [0.15, 0.2) is 29.4 Å². The minimum absolute atomic E-state index is 0.000496. The van der Waals surface area contributed by atoms with Gasteiger partial charge in [0.05, 0.1) is 0 Å². The minimum atomic E-state index is -1.01. The van der Waals surface area contributed by atoms with Crippen molar-refractivity contribution in [2.24, 2.45) is 0 Å². The van der Waals surface area contributed by atoms with E-state index in [2.05, 4.69) is 10.3 Å². The average molecular weight is 444 g/mol. The van der Waals surface area contributed by atoms with E-state index in [-0.39, 0.29) is 25.0 Å². The molecule has 0 saturated carbocycles. The molecule has 0 aromatic carbocycles. The zero-order chi connectivity index (χ0) is 20.9. The topological polar surface area (TPSA) is 101 Å². The van der Waals surface area contributed by atoms with Gasteiger partial charge in [-0.05, 0) is 48.7 Å². The lowest BCUT2D eigenvalue weighted by Gasteiger charge is -2.18. The van der Waals surface area contributed by atoms with Gasteiger partial charge in [0.2, 0.25) is 0 Å². The molecule has 0 bridgehead atoms. The Labute approximate surface area is 179 Å². The van der Waals surface area contributed by atoms with Crippen molar-refractivity contribution in [3.05, 3.63) is 24.4 Å². The summed E-state index contributed by atoms with van der Waals surface area (Å²) in [6, 6.07) is 5.87. The summed E-state index contributed by atoms with van der Waals surface area (Å²) in [5.41, 5.74) is 0. The number of rotatable bonds is 14. The molecule has 0 spiro atoms. The SMILES string of the molecule is COC(CCSSc1ccccn1)NCCCCCC(=O)ON1C(=O)CCC1O. The first-order chi connectivity index (χ1) is 14.1. The van der Waals surface area contributed by atoms with Crippen LogP contribution in [0.3, 0.4) is 0 Å². The van der Waals surface area contributed by atoms with E-state index in [9.17, 15) is 14.7 Å². The molecule has 29 heavy (non-hydrogen) atoms. The number of hydrogen-bond donors (Lipinski definition) is 2. The molecule has 2 unspecified atom stereocenters. The number of aliphatic hydroxyl groups is 1. The molecule has 8 nitrogen and oxygen atoms in total. The van der Waals surface area contributed by atoms with Crippen molar-refractivity contribution in [1.29, 1.82) is 0 Å². The number of hydroxylamine groups is 2. The number of carbonyl (C=O) groups excluding carboxylic acids is 2. The smallest absolute Gasteiger partial charge is 0.332 e. The van der Waals surface area contributed by atoms with E-state index in [0.717, 1.165) is 41.6 Å². The van der Waals surface area contributed by atoms with Gasteiger partial charge in [-0.2, -0.15) is 0 Å². The highest BCUT2D eigenvalue weighted by molar-refractivity contribution is 8.76. The molecule has 1 aromatic rings. The summed E-state index contributed by atoms with van der Waals surface area (Å²) in [5, 5.41) is 14.7. The second-order valence-electron chi connectivity index (χ2n) is 6.55. The molecule has 0 aliphatic carbocycles. The number of pyridine rings is 1. The van der Waals surface area contributed by atoms with Crippen molar-refractivity contribution in [2.45, 2.75) is 62.4 Å². The summed E-state index contributed by atoms with van der Waals surface area (Å²) in [4.78, 5) is 32.4. The first-order valence-electron chi connectivity index (χ1n) is 9.77. The Balaban J connectivity index is 1.47. The van der Waals surface area contributed by atoms with Crippen LogP contribution in [-0.4, -0.2) is 58.9 Å². The Morgan fingerprint density at radius 3 is 2.97 bits per heavy atom. The highest BCUT2D eigenvalue weighted by atomic mass is 33.1. The van der Waals surface area contributed by atoms with Gasteiger partial charge in [-0.15, -0.1) is 5.06 Å². The van der Waals surface area contributed by atoms with E-state index >= 15 is 0 Å². The maximum Gasteiger partial charge on any atom is 0.332 e. The van der Waals surface area contributed by atoms with E-state index in [4.69, 9.17) is 9.57 Å². The number of aliphatic hydroxyl groups excluding tert-OH is 1. The third-order valence-electron chi connectivity index (χ3n) is 4.29. The fourth-order valence-electron chi connectivity index (χ4n) is 2.70. The van der Waals surface area contributed by atoms with Crippen molar-refractivity contribution >= 4 is 33.5 Å². The van der Waals surface area contributed by atoms with Crippen LogP contribution in [0, 0.1) is 0 Å². The van der Waals surface area contributed by atoms with Gasteiger partial charge in [0, 0.05) is 38.3 Å². The molecule has 162 valence electrons. The number of carbonyl (C=O) groups is 2. The summed E-state index contributed by atoms with van der Waals surface area (Å²) < 4.78 is 5.46. The number of methoxy groups -OCH3 is 1. The molecule has 2 heterocycles. The van der Waals surface area contributed by atoms with E-state index in [1.54, 1.807) is 34.9 Å². The summed E-state index contributed by atoms with van der Waals surface area (Å²) in [6.07, 6.45) is 4.85. The van der Waals surface area contributed by atoms with E-state index in [1.165, 1.54) is 0 Å². The molecular formula is C19H29N3O5S2. The fourth-order valence-corrected chi connectivity index (χ4v) is 4.65. The predicted octanol–water partition coefficient (Wildman–Crippen LogP) is 2.73. The Morgan fingerprint density at radius 1 is 1.41 bits per heavy atom. The van der Waals surface area contributed by atoms with Crippen LogP contribution < -0.4 is 5.32 Å². The first-order valence-corrected chi connectivity index (χ1v) is 12.1. The highest BCUT2D eigenvalue weighted by Gasteiger charge is 2.32. The van der Waals surface area contributed by atoms with Crippen LogP contribution in [0.25, 0.3) is 0 Å². The number of amides is 1. The maximum absolute atomic E-state index is 11.8. The second-order valence-corrected chi connectivity index (χ2v) is 8.99. The summed E-state index contributed by atoms with van der Waals surface area (Å²) in [7, 11) is 5.10. The average Bonchev–Trinajstić information content (AvgIpc) is 3.04. The van der Waals surface area contributed by atoms with Crippen molar-refractivity contribution in [3.8, 4) is 0 Å². The molecule has 1 amide bonds. The van der Waals surface area contributed by atoms with Gasteiger partial charge in [0.25, 0.3) is 5.91 Å². The van der Waals surface area contributed by atoms with Gasteiger partial charge in [-0.25, -0.2) is 9.78 Å². The molecule has 1 fully saturated rings. The number of nitrogens with one attached hydrogen (secondary N) is 1. The molecule has 10 heteroatoms. The number of hydrogen-bond acceptors (Lipinski definition) is 9. The molecule has 0 radical (unpaired) electrons. The lowest BCUT2D eigenvalue weighted by Crippen LogP contribution is -2.35. The van der Waals surface area contributed by atoms with Crippen LogP contribution in [0.4, 0.5) is 0 Å². The summed E-state index contributed by atoms with van der Waals surface area (Å²) in [6.45, 7) is 0.801. The zero-order valence-electron chi connectivity index (χ0n) is 16.6. The normalized spacial score (nSPS) is 17.5. The van der Waals surface area contributed by atoms with Crippen LogP contribution in [0.2, 0.25) is 0 Å². The van der Waals surface area contributed by atoms with Gasteiger partial charge in [0.1, 0.15) is 11.3 Å². The van der Waals surface area contributed by atoms with Crippen molar-refractivity contribution in [3.63, 3.8) is 0 Å². The quantitative estimate of drug-likeness (QED) is 0.255. The largest absolute Gasteiger partial charge is 0.370 e. The van der Waals surface area contributed by atoms with E-state index in [1.807, 2.05) is 18.2 Å². The van der Waals surface area contributed by atoms with Gasteiger partial charge in [-0.3, -0.25) is 10.1 Å². The van der Waals surface area contributed by atoms with Crippen molar-refractivity contribution in [1.82, 2.24) is 15.4 Å². The summed E-state index contributed by atoms with van der Waals surface area (Å²) >= 11 is 0. The van der Waals surface area contributed by atoms with Crippen molar-refractivity contribution in [2.75, 3.05) is 19.4 Å². The van der Waals surface area contributed by atoms with Gasteiger partial charge in [-0.1, -0.05) is 23.3 Å². The third-order valence-corrected chi connectivity index (χ3v) is 6.59. The first kappa shape index (κ1) is 23.9. The molecule has 2 atom stereocenters. The molecule has 1 aliphatic heterocycles. The van der Waals surface area contributed by atoms with Gasteiger partial charge in [0.15, 0.2) is 6.23 Å². The molecule has 2 N–H and O–H groups in total. The molecular weight excluding hydrogens is 414 g/mol. The number of nitrogens with zero attached hydrogens (tertiary/aromatic N) is 2. The lowest BCUT2D eigenvalue weighted by molar-refractivity contribution is -0.220. The summed E-state index contributed by atoms with van der Waals surface area (Å²) in [5.74, 6) is 0.112. The Hall–Kier alpha value is -1.33. The minimum Gasteiger partial charge on any atom is -0.370 e. The third kappa shape index (κ3) is 9.35. The number of unbranched alkanes of at least 4 members (excludes halogenated alkanes) is 2. The number of ether oxygens (including phenoxy) is 1. The Kier molecular flexibility index (Phi) is 11.4. The Bertz CT molecular complexity index is 623. The van der Waals surface area contributed by atoms with E-state index in [0.29, 0.717) is 12.8 Å². The van der Waals surface area contributed by atoms with Crippen LogP contribution in [0.5, 0.6) is 0 Å². The van der Waals surface area contributed by atoms with Gasteiger partial charge >= 0.3 is 5.97 Å².